The van der Waals surface area contributed by atoms with Crippen molar-refractivity contribution in [2.75, 3.05) is 6.54 Å². The van der Waals surface area contributed by atoms with E-state index >= 15 is 0 Å². The van der Waals surface area contributed by atoms with Crippen LogP contribution in [0.1, 0.15) is 40.0 Å². The fourth-order valence-electron chi connectivity index (χ4n) is 1.36. The summed E-state index contributed by atoms with van der Waals surface area (Å²) in [5.41, 5.74) is -0.508. The Hall–Kier alpha value is -1.50. The lowest BCUT2D eigenvalue weighted by Crippen LogP contribution is -2.30. The minimum atomic E-state index is -0.880. The number of carbonyl (C=O) groups excluding carboxylic acids is 1. The number of nitrogens with one attached hydrogen (secondary N) is 1. The Balaban J connectivity index is 3.92. The van der Waals surface area contributed by atoms with Gasteiger partial charge in [0.2, 0.25) is 5.91 Å². The van der Waals surface area contributed by atoms with E-state index in [4.69, 9.17) is 5.11 Å². The quantitative estimate of drug-likeness (QED) is 0.530. The third-order valence-electron chi connectivity index (χ3n) is 2.02. The van der Waals surface area contributed by atoms with Gasteiger partial charge in [0.15, 0.2) is 0 Å². The lowest BCUT2D eigenvalue weighted by Gasteiger charge is -2.21. The van der Waals surface area contributed by atoms with Gasteiger partial charge in [-0.1, -0.05) is 13.8 Å². The predicted octanol–water partition coefficient (Wildman–Crippen LogP) is 1.41. The van der Waals surface area contributed by atoms with Crippen LogP contribution in [0.5, 0.6) is 0 Å². The molecule has 0 rings (SSSR count). The molecule has 0 saturated carbocycles. The van der Waals surface area contributed by atoms with Crippen LogP contribution in [0, 0.1) is 17.3 Å². The van der Waals surface area contributed by atoms with Gasteiger partial charge in [0.1, 0.15) is 0 Å². The number of hydrogen-bond acceptors (Lipinski definition) is 2. The lowest BCUT2D eigenvalue weighted by atomic mass is 9.85. The first kappa shape index (κ1) is 14.5. The van der Waals surface area contributed by atoms with Crippen molar-refractivity contribution in [1.29, 1.82) is 0 Å². The maximum atomic E-state index is 11.5. The summed E-state index contributed by atoms with van der Waals surface area (Å²) < 4.78 is 0. The van der Waals surface area contributed by atoms with Crippen molar-refractivity contribution in [3.8, 4) is 11.8 Å². The van der Waals surface area contributed by atoms with E-state index < -0.39 is 11.4 Å². The van der Waals surface area contributed by atoms with Crippen molar-refractivity contribution in [3.63, 3.8) is 0 Å². The SMILES string of the molecule is CC#CCCNC(=O)CC(C)(C)CC(=O)O. The van der Waals surface area contributed by atoms with E-state index in [1.165, 1.54) is 0 Å². The Morgan fingerprint density at radius 2 is 1.94 bits per heavy atom. The monoisotopic (exact) mass is 225 g/mol. The molecule has 0 fully saturated rings. The molecule has 0 heterocycles. The molecule has 0 bridgehead atoms. The highest BCUT2D eigenvalue weighted by atomic mass is 16.4. The topological polar surface area (TPSA) is 66.4 Å². The molecule has 4 nitrogen and oxygen atoms in total. The molecule has 0 radical (unpaired) electrons. The van der Waals surface area contributed by atoms with Gasteiger partial charge in [-0.25, -0.2) is 0 Å². The molecule has 4 heteroatoms. The fraction of sp³-hybridized carbons (Fsp3) is 0.667. The molecule has 0 aliphatic carbocycles. The van der Waals surface area contributed by atoms with Gasteiger partial charge in [0.05, 0.1) is 6.42 Å². The number of amides is 1. The Kier molecular flexibility index (Phi) is 6.24. The van der Waals surface area contributed by atoms with Crippen molar-refractivity contribution in [2.45, 2.75) is 40.0 Å². The summed E-state index contributed by atoms with van der Waals surface area (Å²) in [4.78, 5) is 22.0. The number of rotatable bonds is 6. The van der Waals surface area contributed by atoms with E-state index in [0.717, 1.165) is 0 Å². The van der Waals surface area contributed by atoms with E-state index in [9.17, 15) is 9.59 Å². The third kappa shape index (κ3) is 7.86. The molecule has 0 aliphatic rings. The predicted molar refractivity (Wildman–Crippen MR) is 61.7 cm³/mol. The van der Waals surface area contributed by atoms with Gasteiger partial charge in [-0.2, -0.15) is 0 Å². The van der Waals surface area contributed by atoms with Gasteiger partial charge >= 0.3 is 5.97 Å². The average molecular weight is 225 g/mol. The zero-order valence-corrected chi connectivity index (χ0v) is 10.1. The standard InChI is InChI=1S/C12H19NO3/c1-4-5-6-7-13-10(14)8-12(2,3)9-11(15)16/h6-9H2,1-3H3,(H,13,14)(H,15,16). The normalized spacial score (nSPS) is 10.2. The van der Waals surface area contributed by atoms with Crippen molar-refractivity contribution < 1.29 is 14.7 Å². The highest BCUT2D eigenvalue weighted by Gasteiger charge is 2.24. The summed E-state index contributed by atoms with van der Waals surface area (Å²) in [6.45, 7) is 5.81. The molecule has 0 aromatic carbocycles. The van der Waals surface area contributed by atoms with Crippen molar-refractivity contribution in [1.82, 2.24) is 5.32 Å². The molecule has 0 aliphatic heterocycles. The Labute approximate surface area is 96.4 Å². The summed E-state index contributed by atoms with van der Waals surface area (Å²) >= 11 is 0. The van der Waals surface area contributed by atoms with Crippen LogP contribution in [0.4, 0.5) is 0 Å². The van der Waals surface area contributed by atoms with Crippen LogP contribution < -0.4 is 5.32 Å². The second kappa shape index (κ2) is 6.89. The van der Waals surface area contributed by atoms with E-state index in [-0.39, 0.29) is 18.7 Å². The zero-order valence-electron chi connectivity index (χ0n) is 10.1. The maximum Gasteiger partial charge on any atom is 0.303 e. The number of carboxylic acid groups (broad SMARTS) is 1. The number of aliphatic carboxylic acids is 1. The molecule has 1 amide bonds. The van der Waals surface area contributed by atoms with Crippen LogP contribution >= 0.6 is 0 Å². The molecule has 0 unspecified atom stereocenters. The van der Waals surface area contributed by atoms with E-state index in [1.54, 1.807) is 20.8 Å². The number of hydrogen-bond donors (Lipinski definition) is 2. The molecule has 0 saturated heterocycles. The van der Waals surface area contributed by atoms with E-state index in [1.807, 2.05) is 0 Å². The summed E-state index contributed by atoms with van der Waals surface area (Å²) in [5, 5.41) is 11.4. The van der Waals surface area contributed by atoms with Crippen LogP contribution in [-0.2, 0) is 9.59 Å². The number of carboxylic acids is 1. The van der Waals surface area contributed by atoms with Gasteiger partial charge in [0, 0.05) is 19.4 Å². The fourth-order valence-corrected chi connectivity index (χ4v) is 1.36. The zero-order chi connectivity index (χ0) is 12.6. The van der Waals surface area contributed by atoms with Crippen molar-refractivity contribution >= 4 is 11.9 Å². The first-order valence-electron chi connectivity index (χ1n) is 5.25. The largest absolute Gasteiger partial charge is 0.481 e. The van der Waals surface area contributed by atoms with Crippen LogP contribution in [-0.4, -0.2) is 23.5 Å². The van der Waals surface area contributed by atoms with E-state index in [0.29, 0.717) is 13.0 Å². The van der Waals surface area contributed by atoms with Crippen LogP contribution in [0.3, 0.4) is 0 Å². The summed E-state index contributed by atoms with van der Waals surface area (Å²) in [7, 11) is 0. The second-order valence-corrected chi connectivity index (χ2v) is 4.44. The van der Waals surface area contributed by atoms with Gasteiger partial charge in [0.25, 0.3) is 0 Å². The Morgan fingerprint density at radius 3 is 2.44 bits per heavy atom. The van der Waals surface area contributed by atoms with Gasteiger partial charge < -0.3 is 10.4 Å². The molecule has 90 valence electrons. The van der Waals surface area contributed by atoms with Crippen molar-refractivity contribution in [2.24, 2.45) is 5.41 Å². The molecular formula is C12H19NO3. The lowest BCUT2D eigenvalue weighted by molar-refractivity contribution is -0.139. The first-order valence-corrected chi connectivity index (χ1v) is 5.25. The minimum absolute atomic E-state index is 0.00478. The number of carbonyl (C=O) groups is 2. The molecule has 2 N–H and O–H groups in total. The highest BCUT2D eigenvalue weighted by molar-refractivity contribution is 5.77. The molecule has 0 spiro atoms. The van der Waals surface area contributed by atoms with Crippen LogP contribution in [0.2, 0.25) is 0 Å². The van der Waals surface area contributed by atoms with Crippen LogP contribution in [0.15, 0.2) is 0 Å². The molecule has 16 heavy (non-hydrogen) atoms. The highest BCUT2D eigenvalue weighted by Crippen LogP contribution is 2.24. The van der Waals surface area contributed by atoms with Crippen LogP contribution in [0.25, 0.3) is 0 Å². The summed E-state index contributed by atoms with van der Waals surface area (Å²) in [5.74, 6) is 4.58. The second-order valence-electron chi connectivity index (χ2n) is 4.44. The summed E-state index contributed by atoms with van der Waals surface area (Å²) in [6, 6.07) is 0. The maximum absolute atomic E-state index is 11.5. The van der Waals surface area contributed by atoms with E-state index in [2.05, 4.69) is 17.2 Å². The Morgan fingerprint density at radius 1 is 1.31 bits per heavy atom. The molecule has 0 aromatic rings. The average Bonchev–Trinajstić information content (AvgIpc) is 2.09. The molecule has 0 aromatic heterocycles. The van der Waals surface area contributed by atoms with Gasteiger partial charge in [-0.05, 0) is 12.3 Å². The van der Waals surface area contributed by atoms with Gasteiger partial charge in [-0.15, -0.1) is 11.8 Å². The Bertz CT molecular complexity index is 310. The third-order valence-corrected chi connectivity index (χ3v) is 2.02. The smallest absolute Gasteiger partial charge is 0.303 e. The first-order chi connectivity index (χ1) is 7.37. The van der Waals surface area contributed by atoms with Gasteiger partial charge in [-0.3, -0.25) is 9.59 Å². The summed E-state index contributed by atoms with van der Waals surface area (Å²) in [6.07, 6.45) is 0.843. The molecule has 0 atom stereocenters. The minimum Gasteiger partial charge on any atom is -0.481 e. The molecular weight excluding hydrogens is 206 g/mol. The van der Waals surface area contributed by atoms with Crippen molar-refractivity contribution in [3.05, 3.63) is 0 Å².